The van der Waals surface area contributed by atoms with E-state index in [0.717, 1.165) is 25.9 Å². The summed E-state index contributed by atoms with van der Waals surface area (Å²) in [4.78, 5) is 20.2. The second kappa shape index (κ2) is 5.05. The molecule has 0 bridgehead atoms. The van der Waals surface area contributed by atoms with Crippen LogP contribution < -0.4 is 10.2 Å². The van der Waals surface area contributed by atoms with Gasteiger partial charge in [-0.3, -0.25) is 10.1 Å². The lowest BCUT2D eigenvalue weighted by Crippen LogP contribution is -2.37. The first-order valence-electron chi connectivity index (χ1n) is 5.60. The Labute approximate surface area is 99.0 Å². The number of hydrogen-bond donors (Lipinski definition) is 1. The van der Waals surface area contributed by atoms with Gasteiger partial charge in [-0.1, -0.05) is 0 Å². The third-order valence-electron chi connectivity index (χ3n) is 2.91. The lowest BCUT2D eigenvalue weighted by molar-refractivity contribution is -0.385. The number of anilines is 1. The van der Waals surface area contributed by atoms with Gasteiger partial charge in [0, 0.05) is 19.1 Å². The molecule has 1 unspecified atom stereocenters. The van der Waals surface area contributed by atoms with E-state index >= 15 is 0 Å². The Bertz CT molecular complexity index is 394. The van der Waals surface area contributed by atoms with E-state index < -0.39 is 4.92 Å². The highest BCUT2D eigenvalue weighted by atomic mass is 16.6. The SMILES string of the molecule is CNCC1CCCN1c1ncc([N+](=O)[O-])cn1. The van der Waals surface area contributed by atoms with Crippen LogP contribution in [-0.2, 0) is 0 Å². The number of likely N-dealkylation sites (N-methyl/N-ethyl adjacent to an activating group) is 1. The van der Waals surface area contributed by atoms with Gasteiger partial charge in [-0.25, -0.2) is 9.97 Å². The maximum absolute atomic E-state index is 10.5. The average molecular weight is 237 g/mol. The van der Waals surface area contributed by atoms with Gasteiger partial charge in [-0.05, 0) is 19.9 Å². The van der Waals surface area contributed by atoms with E-state index in [1.165, 1.54) is 12.4 Å². The van der Waals surface area contributed by atoms with Gasteiger partial charge in [0.25, 0.3) is 0 Å². The van der Waals surface area contributed by atoms with Crippen molar-refractivity contribution in [2.24, 2.45) is 0 Å². The zero-order valence-electron chi connectivity index (χ0n) is 9.67. The third kappa shape index (κ3) is 2.50. The fourth-order valence-corrected chi connectivity index (χ4v) is 2.10. The maximum Gasteiger partial charge on any atom is 0.305 e. The largest absolute Gasteiger partial charge is 0.337 e. The molecule has 17 heavy (non-hydrogen) atoms. The van der Waals surface area contributed by atoms with Gasteiger partial charge in [0.2, 0.25) is 5.95 Å². The zero-order chi connectivity index (χ0) is 12.3. The van der Waals surface area contributed by atoms with Crippen molar-refractivity contribution in [2.75, 3.05) is 25.0 Å². The fraction of sp³-hybridized carbons (Fsp3) is 0.600. The Morgan fingerprint density at radius 1 is 1.59 bits per heavy atom. The van der Waals surface area contributed by atoms with Crippen molar-refractivity contribution in [3.8, 4) is 0 Å². The normalized spacial score (nSPS) is 19.6. The van der Waals surface area contributed by atoms with Gasteiger partial charge >= 0.3 is 5.69 Å². The molecule has 1 saturated heterocycles. The van der Waals surface area contributed by atoms with Gasteiger partial charge in [0.15, 0.2) is 0 Å². The maximum atomic E-state index is 10.5. The summed E-state index contributed by atoms with van der Waals surface area (Å²) in [6.07, 6.45) is 4.72. The molecule has 0 saturated carbocycles. The Balaban J connectivity index is 2.13. The van der Waals surface area contributed by atoms with E-state index in [4.69, 9.17) is 0 Å². The topological polar surface area (TPSA) is 84.2 Å². The molecule has 1 N–H and O–H groups in total. The average Bonchev–Trinajstić information content (AvgIpc) is 2.78. The van der Waals surface area contributed by atoms with Crippen LogP contribution in [0.15, 0.2) is 12.4 Å². The molecule has 0 amide bonds. The van der Waals surface area contributed by atoms with Crippen LogP contribution in [0.25, 0.3) is 0 Å². The second-order valence-corrected chi connectivity index (χ2v) is 4.05. The molecule has 0 spiro atoms. The quantitative estimate of drug-likeness (QED) is 0.609. The summed E-state index contributed by atoms with van der Waals surface area (Å²) in [5, 5.41) is 13.6. The van der Waals surface area contributed by atoms with Crippen LogP contribution in [0.5, 0.6) is 0 Å². The van der Waals surface area contributed by atoms with Crippen LogP contribution in [0.1, 0.15) is 12.8 Å². The van der Waals surface area contributed by atoms with E-state index in [0.29, 0.717) is 12.0 Å². The molecule has 0 aliphatic carbocycles. The van der Waals surface area contributed by atoms with Gasteiger partial charge in [-0.15, -0.1) is 0 Å². The molecule has 1 fully saturated rings. The van der Waals surface area contributed by atoms with Gasteiger partial charge < -0.3 is 10.2 Å². The lowest BCUT2D eigenvalue weighted by atomic mass is 10.2. The molecule has 92 valence electrons. The van der Waals surface area contributed by atoms with Crippen molar-refractivity contribution in [2.45, 2.75) is 18.9 Å². The number of hydrogen-bond acceptors (Lipinski definition) is 6. The first kappa shape index (κ1) is 11.7. The van der Waals surface area contributed by atoms with Crippen molar-refractivity contribution in [1.82, 2.24) is 15.3 Å². The molecule has 0 aromatic carbocycles. The summed E-state index contributed by atoms with van der Waals surface area (Å²) in [7, 11) is 1.91. The van der Waals surface area contributed by atoms with Crippen LogP contribution in [0, 0.1) is 10.1 Å². The Morgan fingerprint density at radius 2 is 2.29 bits per heavy atom. The Morgan fingerprint density at radius 3 is 2.88 bits per heavy atom. The molecule has 0 radical (unpaired) electrons. The Kier molecular flexibility index (Phi) is 3.48. The lowest BCUT2D eigenvalue weighted by Gasteiger charge is -2.23. The van der Waals surface area contributed by atoms with Crippen LogP contribution in [0.2, 0.25) is 0 Å². The minimum atomic E-state index is -0.487. The molecule has 1 aliphatic rings. The molecule has 1 aliphatic heterocycles. The van der Waals surface area contributed by atoms with Crippen molar-refractivity contribution in [1.29, 1.82) is 0 Å². The highest BCUT2D eigenvalue weighted by Crippen LogP contribution is 2.22. The van der Waals surface area contributed by atoms with Crippen molar-refractivity contribution >= 4 is 11.6 Å². The molecule has 2 rings (SSSR count). The molecular formula is C10H15N5O2. The highest BCUT2D eigenvalue weighted by Gasteiger charge is 2.26. The Hall–Kier alpha value is -1.76. The van der Waals surface area contributed by atoms with Gasteiger partial charge in [0.05, 0.1) is 4.92 Å². The van der Waals surface area contributed by atoms with E-state index in [-0.39, 0.29) is 5.69 Å². The third-order valence-corrected chi connectivity index (χ3v) is 2.91. The summed E-state index contributed by atoms with van der Waals surface area (Å²) in [5.41, 5.74) is -0.0712. The van der Waals surface area contributed by atoms with Crippen LogP contribution in [-0.4, -0.2) is 41.1 Å². The number of nitrogens with zero attached hydrogens (tertiary/aromatic N) is 4. The van der Waals surface area contributed by atoms with Crippen molar-refractivity contribution in [3.05, 3.63) is 22.5 Å². The number of nitro groups is 1. The summed E-state index contributed by atoms with van der Waals surface area (Å²) >= 11 is 0. The van der Waals surface area contributed by atoms with Gasteiger partial charge in [0.1, 0.15) is 12.4 Å². The predicted molar refractivity (Wildman–Crippen MR) is 63.0 cm³/mol. The zero-order valence-corrected chi connectivity index (χ0v) is 9.67. The fourth-order valence-electron chi connectivity index (χ4n) is 2.10. The molecule has 1 aromatic heterocycles. The van der Waals surface area contributed by atoms with E-state index in [2.05, 4.69) is 20.2 Å². The monoisotopic (exact) mass is 237 g/mol. The first-order chi connectivity index (χ1) is 8.22. The summed E-state index contributed by atoms with van der Waals surface area (Å²) in [6, 6.07) is 0.376. The number of rotatable bonds is 4. The summed E-state index contributed by atoms with van der Waals surface area (Å²) < 4.78 is 0. The standard InChI is InChI=1S/C10H15N5O2/c1-11-5-8-3-2-4-14(8)10-12-6-9(7-13-10)15(16)17/h6-8,11H,2-5H2,1H3. The van der Waals surface area contributed by atoms with E-state index in [1.807, 2.05) is 7.05 Å². The number of nitrogens with one attached hydrogen (secondary N) is 1. The highest BCUT2D eigenvalue weighted by molar-refractivity contribution is 5.36. The van der Waals surface area contributed by atoms with Crippen molar-refractivity contribution < 1.29 is 4.92 Å². The molecule has 1 atom stereocenters. The van der Waals surface area contributed by atoms with E-state index in [1.54, 1.807) is 0 Å². The van der Waals surface area contributed by atoms with Crippen molar-refractivity contribution in [3.63, 3.8) is 0 Å². The number of aromatic nitrogens is 2. The van der Waals surface area contributed by atoms with Crippen LogP contribution >= 0.6 is 0 Å². The first-order valence-corrected chi connectivity index (χ1v) is 5.60. The molecule has 1 aromatic rings. The molecular weight excluding hydrogens is 222 g/mol. The predicted octanol–water partition coefficient (Wildman–Crippen LogP) is 0.573. The molecule has 2 heterocycles. The minimum absolute atomic E-state index is 0.0712. The smallest absolute Gasteiger partial charge is 0.305 e. The van der Waals surface area contributed by atoms with Gasteiger partial charge in [-0.2, -0.15) is 0 Å². The minimum Gasteiger partial charge on any atom is -0.337 e. The van der Waals surface area contributed by atoms with E-state index in [9.17, 15) is 10.1 Å². The second-order valence-electron chi connectivity index (χ2n) is 4.05. The summed E-state index contributed by atoms with van der Waals surface area (Å²) in [6.45, 7) is 1.78. The molecule has 7 heteroatoms. The molecule has 7 nitrogen and oxygen atoms in total. The summed E-state index contributed by atoms with van der Waals surface area (Å²) in [5.74, 6) is 0.577. The van der Waals surface area contributed by atoms with Crippen LogP contribution in [0.3, 0.4) is 0 Å². The van der Waals surface area contributed by atoms with Crippen LogP contribution in [0.4, 0.5) is 11.6 Å².